The molecule has 2 aromatic heterocycles. The van der Waals surface area contributed by atoms with Crippen molar-refractivity contribution in [1.82, 2.24) is 19.9 Å². The van der Waals surface area contributed by atoms with Gasteiger partial charge in [0.1, 0.15) is 11.5 Å². The van der Waals surface area contributed by atoms with Crippen LogP contribution in [0.1, 0.15) is 24.6 Å². The zero-order valence-electron chi connectivity index (χ0n) is 15.5. The Kier molecular flexibility index (Phi) is 4.01. The number of imidazole rings is 1. The maximum atomic E-state index is 12.0. The number of nitro groups is 1. The molecule has 4 aromatic rings. The third-order valence-corrected chi connectivity index (χ3v) is 5.49. The number of rotatable bonds is 3. The van der Waals surface area contributed by atoms with Crippen LogP contribution in [0.3, 0.4) is 0 Å². The Morgan fingerprint density at radius 2 is 2.07 bits per heavy atom. The Balaban J connectivity index is 1.54. The predicted molar refractivity (Wildman–Crippen MR) is 109 cm³/mol. The number of hydrogen-bond acceptors (Lipinski definition) is 6. The van der Waals surface area contributed by atoms with Gasteiger partial charge in [-0.1, -0.05) is 12.1 Å². The van der Waals surface area contributed by atoms with Gasteiger partial charge in [0.25, 0.3) is 11.2 Å². The molecule has 0 spiro atoms. The van der Waals surface area contributed by atoms with Crippen molar-refractivity contribution in [2.24, 2.45) is 0 Å². The second-order valence-electron chi connectivity index (χ2n) is 7.27. The first-order valence-electron chi connectivity index (χ1n) is 9.45. The van der Waals surface area contributed by atoms with Crippen LogP contribution < -0.4 is 10.5 Å². The van der Waals surface area contributed by atoms with Crippen molar-refractivity contribution in [3.63, 3.8) is 0 Å². The van der Waals surface area contributed by atoms with E-state index in [9.17, 15) is 14.9 Å². The molecule has 9 heteroatoms. The fraction of sp³-hybridized carbons (Fsp3) is 0.250. The minimum atomic E-state index is -0.438. The van der Waals surface area contributed by atoms with Crippen molar-refractivity contribution in [1.29, 1.82) is 0 Å². The van der Waals surface area contributed by atoms with Gasteiger partial charge in [0, 0.05) is 25.1 Å². The van der Waals surface area contributed by atoms with Gasteiger partial charge in [-0.25, -0.2) is 9.97 Å². The molecule has 1 aliphatic heterocycles. The fourth-order valence-corrected chi connectivity index (χ4v) is 4.08. The van der Waals surface area contributed by atoms with Crippen LogP contribution in [-0.2, 0) is 0 Å². The largest absolute Gasteiger partial charge is 0.365 e. The monoisotopic (exact) mass is 390 g/mol. The summed E-state index contributed by atoms with van der Waals surface area (Å²) in [6, 6.07) is 10.8. The molecule has 0 aliphatic carbocycles. The van der Waals surface area contributed by atoms with Gasteiger partial charge in [-0.15, -0.1) is 0 Å². The molecule has 1 unspecified atom stereocenters. The van der Waals surface area contributed by atoms with Crippen molar-refractivity contribution in [2.45, 2.75) is 18.8 Å². The summed E-state index contributed by atoms with van der Waals surface area (Å²) < 4.78 is 0. The number of anilines is 1. The molecule has 0 amide bonds. The highest BCUT2D eigenvalue weighted by Gasteiger charge is 2.29. The van der Waals surface area contributed by atoms with E-state index in [-0.39, 0.29) is 22.6 Å². The first-order chi connectivity index (χ1) is 14.1. The van der Waals surface area contributed by atoms with E-state index in [0.29, 0.717) is 24.3 Å². The molecule has 5 rings (SSSR count). The summed E-state index contributed by atoms with van der Waals surface area (Å²) in [5.41, 5.74) is 2.37. The smallest absolute Gasteiger partial charge is 0.293 e. The highest BCUT2D eigenvalue weighted by atomic mass is 16.6. The Hall–Kier alpha value is -3.75. The highest BCUT2D eigenvalue weighted by Crippen LogP contribution is 2.36. The van der Waals surface area contributed by atoms with Crippen LogP contribution in [0.5, 0.6) is 0 Å². The molecule has 1 saturated heterocycles. The number of aromatic amines is 2. The van der Waals surface area contributed by atoms with Crippen molar-refractivity contribution in [2.75, 3.05) is 18.0 Å². The van der Waals surface area contributed by atoms with Crippen LogP contribution in [0.2, 0.25) is 0 Å². The Bertz CT molecular complexity index is 1260. The molecule has 2 N–H and O–H groups in total. The van der Waals surface area contributed by atoms with E-state index >= 15 is 0 Å². The average Bonchev–Trinajstić information content (AvgIpc) is 3.18. The van der Waals surface area contributed by atoms with Gasteiger partial charge in [0.2, 0.25) is 0 Å². The number of benzene rings is 2. The minimum Gasteiger partial charge on any atom is -0.365 e. The molecule has 2 aromatic carbocycles. The maximum absolute atomic E-state index is 12.0. The summed E-state index contributed by atoms with van der Waals surface area (Å²) in [5.74, 6) is 1.03. The van der Waals surface area contributed by atoms with Gasteiger partial charge < -0.3 is 14.9 Å². The van der Waals surface area contributed by atoms with Crippen LogP contribution in [0.4, 0.5) is 11.4 Å². The second kappa shape index (κ2) is 6.69. The number of nitrogens with zero attached hydrogens (tertiary/aromatic N) is 4. The Morgan fingerprint density at radius 3 is 2.90 bits per heavy atom. The van der Waals surface area contributed by atoms with Crippen LogP contribution >= 0.6 is 0 Å². The minimum absolute atomic E-state index is 0.0822. The predicted octanol–water partition coefficient (Wildman–Crippen LogP) is 3.09. The Labute approximate surface area is 164 Å². The molecule has 146 valence electrons. The molecule has 0 radical (unpaired) electrons. The number of aromatic nitrogens is 4. The lowest BCUT2D eigenvalue weighted by Gasteiger charge is -2.33. The molecule has 3 heterocycles. The third-order valence-electron chi connectivity index (χ3n) is 5.49. The SMILES string of the molecule is O=c1[nH]cnc2cc(N3CCCC(c4nc5ccccc5[nH]4)C3)c([N+](=O)[O-])cc12. The number of para-hydroxylation sites is 2. The zero-order valence-corrected chi connectivity index (χ0v) is 15.5. The van der Waals surface area contributed by atoms with Gasteiger partial charge in [-0.05, 0) is 31.0 Å². The lowest BCUT2D eigenvalue weighted by atomic mass is 9.96. The Morgan fingerprint density at radius 1 is 1.21 bits per heavy atom. The summed E-state index contributed by atoms with van der Waals surface area (Å²) in [6.07, 6.45) is 3.16. The van der Waals surface area contributed by atoms with E-state index < -0.39 is 4.92 Å². The zero-order chi connectivity index (χ0) is 20.0. The van der Waals surface area contributed by atoms with Crippen LogP contribution in [-0.4, -0.2) is 37.9 Å². The summed E-state index contributed by atoms with van der Waals surface area (Å²) in [5, 5.41) is 11.9. The normalized spacial score (nSPS) is 17.1. The van der Waals surface area contributed by atoms with Crippen molar-refractivity contribution < 1.29 is 4.92 Å². The number of hydrogen-bond donors (Lipinski definition) is 2. The van der Waals surface area contributed by atoms with Crippen molar-refractivity contribution in [3.8, 4) is 0 Å². The first-order valence-corrected chi connectivity index (χ1v) is 9.45. The first kappa shape index (κ1) is 17.4. The highest BCUT2D eigenvalue weighted by molar-refractivity contribution is 5.87. The van der Waals surface area contributed by atoms with E-state index in [2.05, 4.69) is 15.0 Å². The van der Waals surface area contributed by atoms with Crippen molar-refractivity contribution in [3.05, 3.63) is 69.0 Å². The van der Waals surface area contributed by atoms with E-state index in [1.54, 1.807) is 6.07 Å². The van der Waals surface area contributed by atoms with Crippen molar-refractivity contribution >= 4 is 33.3 Å². The summed E-state index contributed by atoms with van der Waals surface area (Å²) in [6.45, 7) is 1.31. The maximum Gasteiger partial charge on any atom is 0.293 e. The van der Waals surface area contributed by atoms with Gasteiger partial charge in [-0.3, -0.25) is 14.9 Å². The summed E-state index contributed by atoms with van der Waals surface area (Å²) in [7, 11) is 0. The molecular formula is C20H18N6O3. The van der Waals surface area contributed by atoms with Crippen LogP contribution in [0.25, 0.3) is 21.9 Å². The number of fused-ring (bicyclic) bond motifs is 2. The number of nitro benzene ring substituents is 1. The molecule has 1 fully saturated rings. The number of piperidine rings is 1. The quantitative estimate of drug-likeness (QED) is 0.410. The molecule has 1 aliphatic rings. The van der Waals surface area contributed by atoms with E-state index in [1.807, 2.05) is 29.2 Å². The molecule has 1 atom stereocenters. The number of H-pyrrole nitrogens is 2. The molecule has 9 nitrogen and oxygen atoms in total. The van der Waals surface area contributed by atoms with E-state index in [4.69, 9.17) is 4.98 Å². The van der Waals surface area contributed by atoms with Gasteiger partial charge >= 0.3 is 0 Å². The van der Waals surface area contributed by atoms with Crippen LogP contribution in [0, 0.1) is 10.1 Å². The molecule has 0 bridgehead atoms. The van der Waals surface area contributed by atoms with E-state index in [1.165, 1.54) is 12.4 Å². The standard InChI is InChI=1S/C20H18N6O3/c27-20-13-8-18(26(28)29)17(9-16(13)21-11-22-20)25-7-3-4-12(10-25)19-23-14-5-1-2-6-15(14)24-19/h1-2,5-6,8-9,11-12H,3-4,7,10H2,(H,23,24)(H,21,22,27). The van der Waals surface area contributed by atoms with E-state index in [0.717, 1.165) is 29.7 Å². The third kappa shape index (κ3) is 3.00. The van der Waals surface area contributed by atoms with Gasteiger partial charge in [0.15, 0.2) is 0 Å². The number of nitrogens with one attached hydrogen (secondary N) is 2. The summed E-state index contributed by atoms with van der Waals surface area (Å²) in [4.78, 5) is 40.0. The molecule has 29 heavy (non-hydrogen) atoms. The molecule has 0 saturated carbocycles. The van der Waals surface area contributed by atoms with Crippen LogP contribution in [0.15, 0.2) is 47.5 Å². The topological polar surface area (TPSA) is 121 Å². The summed E-state index contributed by atoms with van der Waals surface area (Å²) >= 11 is 0. The lowest BCUT2D eigenvalue weighted by molar-refractivity contribution is -0.384. The average molecular weight is 390 g/mol. The second-order valence-corrected chi connectivity index (χ2v) is 7.27. The fourth-order valence-electron chi connectivity index (χ4n) is 4.08. The van der Waals surface area contributed by atoms with Gasteiger partial charge in [0.05, 0.1) is 33.2 Å². The van der Waals surface area contributed by atoms with Gasteiger partial charge in [-0.2, -0.15) is 0 Å². The molecular weight excluding hydrogens is 372 g/mol. The lowest BCUT2D eigenvalue weighted by Crippen LogP contribution is -2.35.